The topological polar surface area (TPSA) is 82.3 Å². The van der Waals surface area contributed by atoms with Gasteiger partial charge in [-0.15, -0.1) is 0 Å². The number of nitrogens with one attached hydrogen (secondary N) is 1. The van der Waals surface area contributed by atoms with Crippen LogP contribution in [0.25, 0.3) is 0 Å². The van der Waals surface area contributed by atoms with Crippen LogP contribution in [0.3, 0.4) is 0 Å². The Morgan fingerprint density at radius 2 is 2.39 bits per heavy atom. The Hall–Kier alpha value is -1.80. The number of nitriles is 1. The number of allylic oxidation sites excluding steroid dienone is 3. The third-order valence-corrected chi connectivity index (χ3v) is 2.76. The molecule has 98 valence electrons. The zero-order valence-corrected chi connectivity index (χ0v) is 10.5. The maximum Gasteiger partial charge on any atom is 0.346 e. The third-order valence-electron chi connectivity index (χ3n) is 2.76. The summed E-state index contributed by atoms with van der Waals surface area (Å²) in [7, 11) is 1.66. The number of carbonyl (C=O) groups is 1. The predicted octanol–water partition coefficient (Wildman–Crippen LogP) is 1.59. The van der Waals surface area contributed by atoms with Crippen LogP contribution in [0, 0.1) is 11.3 Å². The molecule has 0 amide bonds. The molecule has 0 radical (unpaired) electrons. The van der Waals surface area contributed by atoms with Gasteiger partial charge in [-0.2, -0.15) is 5.26 Å². The largest absolute Gasteiger partial charge is 0.477 e. The lowest BCUT2D eigenvalue weighted by atomic mass is 9.95. The quantitative estimate of drug-likeness (QED) is 0.425. The van der Waals surface area contributed by atoms with Crippen molar-refractivity contribution in [1.82, 2.24) is 5.32 Å². The van der Waals surface area contributed by atoms with E-state index in [1.165, 1.54) is 0 Å². The van der Waals surface area contributed by atoms with Crippen molar-refractivity contribution >= 4 is 5.97 Å². The zero-order chi connectivity index (χ0) is 13.4. The van der Waals surface area contributed by atoms with Gasteiger partial charge in [0.05, 0.1) is 0 Å². The summed E-state index contributed by atoms with van der Waals surface area (Å²) in [4.78, 5) is 10.9. The van der Waals surface area contributed by atoms with Gasteiger partial charge in [0.2, 0.25) is 0 Å². The summed E-state index contributed by atoms with van der Waals surface area (Å²) >= 11 is 0. The first-order chi connectivity index (χ1) is 8.69. The van der Waals surface area contributed by atoms with E-state index >= 15 is 0 Å². The highest BCUT2D eigenvalue weighted by atomic mass is 16.5. The first-order valence-electron chi connectivity index (χ1n) is 5.99. The van der Waals surface area contributed by atoms with Crippen molar-refractivity contribution in [1.29, 1.82) is 5.26 Å². The van der Waals surface area contributed by atoms with Crippen LogP contribution in [0.2, 0.25) is 0 Å². The van der Waals surface area contributed by atoms with Gasteiger partial charge in [-0.3, -0.25) is 0 Å². The molecule has 0 saturated carbocycles. The first kappa shape index (κ1) is 14.3. The third kappa shape index (κ3) is 4.22. The molecule has 2 N–H and O–H groups in total. The fourth-order valence-corrected chi connectivity index (χ4v) is 1.88. The zero-order valence-electron chi connectivity index (χ0n) is 10.5. The summed E-state index contributed by atoms with van der Waals surface area (Å²) < 4.78 is 4.95. The molecule has 0 atom stereocenters. The van der Waals surface area contributed by atoms with Gasteiger partial charge in [0, 0.05) is 26.0 Å². The van der Waals surface area contributed by atoms with Crippen molar-refractivity contribution in [2.45, 2.75) is 25.7 Å². The Bertz CT molecular complexity index is 405. The van der Waals surface area contributed by atoms with E-state index in [2.05, 4.69) is 5.32 Å². The minimum atomic E-state index is -1.15. The Balaban J connectivity index is 2.68. The second kappa shape index (κ2) is 7.51. The monoisotopic (exact) mass is 250 g/mol. The Morgan fingerprint density at radius 3 is 3.00 bits per heavy atom. The first-order valence-corrected chi connectivity index (χ1v) is 5.99. The summed E-state index contributed by atoms with van der Waals surface area (Å²) in [5, 5.41) is 21.0. The Kier molecular flexibility index (Phi) is 5.95. The van der Waals surface area contributed by atoms with Crippen LogP contribution in [0.1, 0.15) is 25.7 Å². The molecular weight excluding hydrogens is 232 g/mol. The van der Waals surface area contributed by atoms with Crippen LogP contribution in [0.5, 0.6) is 0 Å². The van der Waals surface area contributed by atoms with Gasteiger partial charge in [-0.05, 0) is 37.3 Å². The molecule has 0 aliphatic heterocycles. The number of rotatable bonds is 6. The fourth-order valence-electron chi connectivity index (χ4n) is 1.88. The number of ether oxygens (including phenoxy) is 1. The highest BCUT2D eigenvalue weighted by Crippen LogP contribution is 2.23. The van der Waals surface area contributed by atoms with Gasteiger partial charge < -0.3 is 15.2 Å². The molecule has 5 nitrogen and oxygen atoms in total. The normalized spacial score (nSPS) is 17.7. The van der Waals surface area contributed by atoms with E-state index in [0.717, 1.165) is 31.5 Å². The molecule has 0 heterocycles. The van der Waals surface area contributed by atoms with E-state index < -0.39 is 5.97 Å². The van der Waals surface area contributed by atoms with Crippen molar-refractivity contribution in [3.63, 3.8) is 0 Å². The Labute approximate surface area is 107 Å². The fraction of sp³-hybridized carbons (Fsp3) is 0.538. The smallest absolute Gasteiger partial charge is 0.346 e. The van der Waals surface area contributed by atoms with Crippen LogP contribution in [-0.2, 0) is 9.53 Å². The van der Waals surface area contributed by atoms with Crippen LogP contribution in [-0.4, -0.2) is 31.3 Å². The SMILES string of the molecule is COCCCNC1=CC(=C(C#N)C(=O)O)CCC1. The summed E-state index contributed by atoms with van der Waals surface area (Å²) in [6.07, 6.45) is 5.12. The van der Waals surface area contributed by atoms with Crippen LogP contribution >= 0.6 is 0 Å². The highest BCUT2D eigenvalue weighted by molar-refractivity contribution is 5.92. The molecular formula is C13H18N2O3. The lowest BCUT2D eigenvalue weighted by molar-refractivity contribution is -0.132. The highest BCUT2D eigenvalue weighted by Gasteiger charge is 2.16. The minimum Gasteiger partial charge on any atom is -0.477 e. The van der Waals surface area contributed by atoms with Gasteiger partial charge >= 0.3 is 5.97 Å². The molecule has 1 aliphatic carbocycles. The van der Waals surface area contributed by atoms with Crippen LogP contribution in [0.4, 0.5) is 0 Å². The van der Waals surface area contributed by atoms with Crippen molar-refractivity contribution < 1.29 is 14.6 Å². The second-order valence-electron chi connectivity index (χ2n) is 4.11. The van der Waals surface area contributed by atoms with Gasteiger partial charge in [0.15, 0.2) is 0 Å². The van der Waals surface area contributed by atoms with Crippen LogP contribution in [0.15, 0.2) is 22.9 Å². The average molecular weight is 250 g/mol. The number of aliphatic carboxylic acids is 1. The van der Waals surface area contributed by atoms with Crippen molar-refractivity contribution in [3.05, 3.63) is 22.9 Å². The molecule has 0 bridgehead atoms. The maximum atomic E-state index is 10.9. The average Bonchev–Trinajstić information content (AvgIpc) is 2.36. The molecule has 0 aromatic carbocycles. The van der Waals surface area contributed by atoms with Crippen molar-refractivity contribution in [2.24, 2.45) is 0 Å². The molecule has 5 heteroatoms. The second-order valence-corrected chi connectivity index (χ2v) is 4.11. The summed E-state index contributed by atoms with van der Waals surface area (Å²) in [5.41, 5.74) is 1.47. The van der Waals surface area contributed by atoms with E-state index in [4.69, 9.17) is 15.1 Å². The number of hydrogen-bond donors (Lipinski definition) is 2. The van der Waals surface area contributed by atoms with E-state index in [0.29, 0.717) is 18.6 Å². The van der Waals surface area contributed by atoms with E-state index in [1.54, 1.807) is 19.3 Å². The van der Waals surface area contributed by atoms with Gasteiger partial charge in [0.1, 0.15) is 11.6 Å². The molecule has 0 saturated heterocycles. The van der Waals surface area contributed by atoms with E-state index in [-0.39, 0.29) is 5.57 Å². The number of carboxylic acid groups (broad SMARTS) is 1. The molecule has 0 fully saturated rings. The summed E-state index contributed by atoms with van der Waals surface area (Å²) in [5.74, 6) is -1.15. The summed E-state index contributed by atoms with van der Waals surface area (Å²) in [6.45, 7) is 1.49. The van der Waals surface area contributed by atoms with Crippen molar-refractivity contribution in [3.8, 4) is 6.07 Å². The molecule has 18 heavy (non-hydrogen) atoms. The van der Waals surface area contributed by atoms with Gasteiger partial charge in [-0.25, -0.2) is 4.79 Å². The minimum absolute atomic E-state index is 0.147. The van der Waals surface area contributed by atoms with Crippen molar-refractivity contribution in [2.75, 3.05) is 20.3 Å². The molecule has 0 aromatic heterocycles. The molecule has 0 aromatic rings. The summed E-state index contributed by atoms with van der Waals surface area (Å²) in [6, 6.07) is 1.76. The van der Waals surface area contributed by atoms with E-state index in [1.807, 2.05) is 0 Å². The van der Waals surface area contributed by atoms with Gasteiger partial charge in [-0.1, -0.05) is 0 Å². The molecule has 0 spiro atoms. The maximum absolute atomic E-state index is 10.9. The standard InChI is InChI=1S/C13H18N2O3/c1-18-7-3-6-15-11-5-2-4-10(8-11)12(9-14)13(16)17/h8,15H,2-7H2,1H3,(H,16,17). The van der Waals surface area contributed by atoms with E-state index in [9.17, 15) is 4.79 Å². The molecule has 1 rings (SSSR count). The molecule has 0 unspecified atom stereocenters. The number of hydrogen-bond acceptors (Lipinski definition) is 4. The number of nitrogens with zero attached hydrogens (tertiary/aromatic N) is 1. The number of methoxy groups -OCH3 is 1. The lowest BCUT2D eigenvalue weighted by Gasteiger charge is -2.17. The molecule has 1 aliphatic rings. The van der Waals surface area contributed by atoms with Crippen LogP contribution < -0.4 is 5.32 Å². The lowest BCUT2D eigenvalue weighted by Crippen LogP contribution is -2.18. The van der Waals surface area contributed by atoms with Gasteiger partial charge in [0.25, 0.3) is 0 Å². The number of carboxylic acids is 1. The Morgan fingerprint density at radius 1 is 1.61 bits per heavy atom. The predicted molar refractivity (Wildman–Crippen MR) is 66.7 cm³/mol.